The van der Waals surface area contributed by atoms with Gasteiger partial charge in [0.1, 0.15) is 5.69 Å². The van der Waals surface area contributed by atoms with Gasteiger partial charge >= 0.3 is 0 Å². The third kappa shape index (κ3) is 3.54. The molecule has 0 amide bonds. The summed E-state index contributed by atoms with van der Waals surface area (Å²) in [6.07, 6.45) is 5.62. The van der Waals surface area contributed by atoms with Crippen molar-refractivity contribution in [2.45, 2.75) is 6.54 Å². The quantitative estimate of drug-likeness (QED) is 0.187. The third-order valence-corrected chi connectivity index (χ3v) is 6.17. The zero-order valence-electron chi connectivity index (χ0n) is 18.0. The first-order valence-electron chi connectivity index (χ1n) is 11.0. The van der Waals surface area contributed by atoms with Gasteiger partial charge in [-0.3, -0.25) is 4.79 Å². The number of carbonyl (C=O) groups excluding carboxylic acids is 1. The van der Waals surface area contributed by atoms with Crippen molar-refractivity contribution in [3.8, 4) is 11.3 Å². The van der Waals surface area contributed by atoms with Gasteiger partial charge in [-0.15, -0.1) is 0 Å². The van der Waals surface area contributed by atoms with Crippen LogP contribution in [0.15, 0.2) is 116 Å². The van der Waals surface area contributed by atoms with Gasteiger partial charge < -0.3 is 0 Å². The van der Waals surface area contributed by atoms with Crippen LogP contribution in [-0.2, 0) is 6.54 Å². The molecule has 0 bridgehead atoms. The highest BCUT2D eigenvalue weighted by Gasteiger charge is 2.17. The van der Waals surface area contributed by atoms with E-state index in [9.17, 15) is 4.79 Å². The van der Waals surface area contributed by atoms with E-state index in [4.69, 9.17) is 4.98 Å². The second-order valence-corrected chi connectivity index (χ2v) is 8.30. The molecule has 1 aromatic heterocycles. The van der Waals surface area contributed by atoms with Crippen LogP contribution in [0.4, 0.5) is 0 Å². The molecule has 0 saturated heterocycles. The van der Waals surface area contributed by atoms with Crippen LogP contribution >= 0.6 is 0 Å². The lowest BCUT2D eigenvalue weighted by Crippen LogP contribution is -2.37. The molecule has 0 saturated carbocycles. The summed E-state index contributed by atoms with van der Waals surface area (Å²) in [4.78, 5) is 17.5. The molecular formula is C30H21N2O+. The fraction of sp³-hybridized carbons (Fsp3) is 0.0333. The van der Waals surface area contributed by atoms with Crippen LogP contribution in [0.3, 0.4) is 0 Å². The van der Waals surface area contributed by atoms with Crippen molar-refractivity contribution in [1.82, 2.24) is 4.98 Å². The van der Waals surface area contributed by atoms with Crippen molar-refractivity contribution in [3.05, 3.63) is 121 Å². The third-order valence-electron chi connectivity index (χ3n) is 6.17. The van der Waals surface area contributed by atoms with Gasteiger partial charge in [-0.1, -0.05) is 78.9 Å². The number of hydrogen-bond donors (Lipinski definition) is 0. The molecule has 33 heavy (non-hydrogen) atoms. The minimum atomic E-state index is 0.0755. The van der Waals surface area contributed by atoms with Gasteiger partial charge in [0.05, 0.1) is 6.20 Å². The van der Waals surface area contributed by atoms with Gasteiger partial charge in [0.15, 0.2) is 12.4 Å². The second-order valence-electron chi connectivity index (χ2n) is 8.30. The number of rotatable bonds is 4. The molecule has 0 fully saturated rings. The molecule has 3 nitrogen and oxygen atoms in total. The summed E-state index contributed by atoms with van der Waals surface area (Å²) in [5.41, 5.74) is 2.66. The first-order valence-corrected chi connectivity index (χ1v) is 11.0. The number of benzene rings is 5. The zero-order chi connectivity index (χ0) is 22.2. The number of aromatic nitrogens is 2. The largest absolute Gasteiger partial charge is 0.287 e. The average Bonchev–Trinajstić information content (AvgIpc) is 2.86. The monoisotopic (exact) mass is 425 g/mol. The molecule has 156 valence electrons. The summed E-state index contributed by atoms with van der Waals surface area (Å²) in [7, 11) is 0. The number of carbonyl (C=O) groups is 1. The van der Waals surface area contributed by atoms with Crippen molar-refractivity contribution in [2.75, 3.05) is 0 Å². The molecule has 0 atom stereocenters. The van der Waals surface area contributed by atoms with E-state index in [0.29, 0.717) is 5.56 Å². The van der Waals surface area contributed by atoms with Crippen molar-refractivity contribution in [1.29, 1.82) is 0 Å². The summed E-state index contributed by atoms with van der Waals surface area (Å²) < 4.78 is 1.92. The maximum Gasteiger partial charge on any atom is 0.227 e. The second kappa shape index (κ2) is 7.95. The molecule has 0 radical (unpaired) electrons. The highest BCUT2D eigenvalue weighted by atomic mass is 16.1. The van der Waals surface area contributed by atoms with Gasteiger partial charge in [-0.05, 0) is 50.5 Å². The van der Waals surface area contributed by atoms with Crippen molar-refractivity contribution in [2.24, 2.45) is 0 Å². The molecule has 6 rings (SSSR count). The van der Waals surface area contributed by atoms with E-state index in [-0.39, 0.29) is 12.3 Å². The van der Waals surface area contributed by atoms with Crippen LogP contribution in [0.1, 0.15) is 10.4 Å². The van der Waals surface area contributed by atoms with Gasteiger partial charge in [0, 0.05) is 11.1 Å². The Hall–Kier alpha value is -4.37. The molecule has 5 aromatic carbocycles. The standard InChI is InChI=1S/C30H21N2O/c33-29(21-8-2-1-3-9-21)20-32-15-14-31-28(19-32)30-26-13-7-6-12-24(26)17-25-16-22-10-4-5-11-23(22)18-27(25)30/h1-19H,20H2/q+1. The smallest absolute Gasteiger partial charge is 0.227 e. The lowest BCUT2D eigenvalue weighted by atomic mass is 9.93. The molecule has 0 N–H and O–H groups in total. The molecule has 0 unspecified atom stereocenters. The number of nitrogens with zero attached hydrogens (tertiary/aromatic N) is 2. The molecule has 6 aromatic rings. The average molecular weight is 426 g/mol. The van der Waals surface area contributed by atoms with Crippen LogP contribution in [0, 0.1) is 0 Å². The molecular weight excluding hydrogens is 404 g/mol. The van der Waals surface area contributed by atoms with Crippen LogP contribution < -0.4 is 4.57 Å². The lowest BCUT2D eigenvalue weighted by molar-refractivity contribution is -0.683. The van der Waals surface area contributed by atoms with Crippen LogP contribution in [0.2, 0.25) is 0 Å². The van der Waals surface area contributed by atoms with E-state index >= 15 is 0 Å². The van der Waals surface area contributed by atoms with Crippen molar-refractivity contribution < 1.29 is 9.36 Å². The van der Waals surface area contributed by atoms with Gasteiger partial charge in [0.2, 0.25) is 12.3 Å². The van der Waals surface area contributed by atoms with Gasteiger partial charge in [-0.2, -0.15) is 4.57 Å². The van der Waals surface area contributed by atoms with Gasteiger partial charge in [0.25, 0.3) is 0 Å². The zero-order valence-corrected chi connectivity index (χ0v) is 18.0. The van der Waals surface area contributed by atoms with E-state index in [1.54, 1.807) is 6.20 Å². The number of Topliss-reactive ketones (excluding diaryl/α,β-unsaturated/α-hetero) is 1. The van der Waals surface area contributed by atoms with Crippen LogP contribution in [-0.4, -0.2) is 10.8 Å². The Morgan fingerprint density at radius 3 is 2.18 bits per heavy atom. The fourth-order valence-electron chi connectivity index (χ4n) is 4.57. The minimum Gasteiger partial charge on any atom is -0.287 e. The summed E-state index contributed by atoms with van der Waals surface area (Å²) in [5, 5.41) is 7.08. The molecule has 1 heterocycles. The Bertz CT molecular complexity index is 1650. The van der Waals surface area contributed by atoms with E-state index in [1.165, 1.54) is 21.5 Å². The first kappa shape index (κ1) is 19.3. The Labute approximate surface area is 191 Å². The van der Waals surface area contributed by atoms with Crippen molar-refractivity contribution >= 4 is 38.1 Å². The fourth-order valence-corrected chi connectivity index (χ4v) is 4.57. The summed E-state index contributed by atoms with van der Waals surface area (Å²) in [6, 6.07) is 33.0. The SMILES string of the molecule is O=C(C[n+]1ccnc(-c2c3ccccc3cc3cc4ccccc4cc23)c1)c1ccccc1. The highest BCUT2D eigenvalue weighted by Crippen LogP contribution is 2.37. The molecule has 3 heteroatoms. The number of ketones is 1. The summed E-state index contributed by atoms with van der Waals surface area (Å²) in [5.74, 6) is 0.0755. The molecule has 0 aliphatic carbocycles. The summed E-state index contributed by atoms with van der Waals surface area (Å²) >= 11 is 0. The van der Waals surface area contributed by atoms with E-state index in [1.807, 2.05) is 47.3 Å². The van der Waals surface area contributed by atoms with E-state index in [0.717, 1.165) is 22.0 Å². The predicted molar refractivity (Wildman–Crippen MR) is 133 cm³/mol. The van der Waals surface area contributed by atoms with Crippen molar-refractivity contribution in [3.63, 3.8) is 0 Å². The maximum absolute atomic E-state index is 12.8. The highest BCUT2D eigenvalue weighted by molar-refractivity contribution is 6.15. The lowest BCUT2D eigenvalue weighted by Gasteiger charge is -2.12. The minimum absolute atomic E-state index is 0.0755. The maximum atomic E-state index is 12.8. The number of hydrogen-bond acceptors (Lipinski definition) is 2. The first-order chi connectivity index (χ1) is 16.3. The topological polar surface area (TPSA) is 33.8 Å². The predicted octanol–water partition coefficient (Wildman–Crippen LogP) is 6.38. The Balaban J connectivity index is 1.55. The molecule has 0 spiro atoms. The summed E-state index contributed by atoms with van der Waals surface area (Å²) in [6.45, 7) is 0.269. The Morgan fingerprint density at radius 1 is 0.697 bits per heavy atom. The van der Waals surface area contributed by atoms with E-state index in [2.05, 4.69) is 66.7 Å². The van der Waals surface area contributed by atoms with Gasteiger partial charge in [-0.25, -0.2) is 4.98 Å². The number of fused-ring (bicyclic) bond motifs is 3. The van der Waals surface area contributed by atoms with E-state index < -0.39 is 0 Å². The molecule has 0 aliphatic rings. The Kier molecular flexibility index (Phi) is 4.66. The van der Waals surface area contributed by atoms with Crippen LogP contribution in [0.25, 0.3) is 43.6 Å². The van der Waals surface area contributed by atoms with Crippen LogP contribution in [0.5, 0.6) is 0 Å². The molecule has 0 aliphatic heterocycles. The normalized spacial score (nSPS) is 11.3. The Morgan fingerprint density at radius 2 is 1.36 bits per heavy atom.